The standard InChI is InChI=1S/C11H9BrF4O/c12-4-3-9(17)6-1-2-7(10(13)14)8(5-6)11(15)16/h1-2,5,10-11H,3-4H2. The fourth-order valence-electron chi connectivity index (χ4n) is 1.37. The highest BCUT2D eigenvalue weighted by Crippen LogP contribution is 2.31. The lowest BCUT2D eigenvalue weighted by molar-refractivity contribution is 0.0987. The van der Waals surface area contributed by atoms with E-state index in [9.17, 15) is 22.4 Å². The molecular formula is C11H9BrF4O. The predicted molar refractivity (Wildman–Crippen MR) is 59.1 cm³/mol. The number of hydrogen-bond donors (Lipinski definition) is 0. The van der Waals surface area contributed by atoms with Gasteiger partial charge in [0.15, 0.2) is 5.78 Å². The van der Waals surface area contributed by atoms with Crippen molar-refractivity contribution in [3.05, 3.63) is 34.9 Å². The average Bonchev–Trinajstić information content (AvgIpc) is 2.28. The van der Waals surface area contributed by atoms with Crippen molar-refractivity contribution in [2.45, 2.75) is 19.3 Å². The Labute approximate surface area is 104 Å². The normalized spacial score (nSPS) is 11.2. The van der Waals surface area contributed by atoms with Crippen LogP contribution in [0.15, 0.2) is 18.2 Å². The molecular weight excluding hydrogens is 304 g/mol. The molecule has 0 atom stereocenters. The fraction of sp³-hybridized carbons (Fsp3) is 0.364. The first-order chi connectivity index (χ1) is 7.97. The summed E-state index contributed by atoms with van der Waals surface area (Å²) < 4.78 is 50.0. The molecule has 1 nitrogen and oxygen atoms in total. The van der Waals surface area contributed by atoms with Gasteiger partial charge >= 0.3 is 0 Å². The zero-order valence-electron chi connectivity index (χ0n) is 8.60. The molecule has 0 saturated heterocycles. The summed E-state index contributed by atoms with van der Waals surface area (Å²) in [6.45, 7) is 0. The summed E-state index contributed by atoms with van der Waals surface area (Å²) in [7, 11) is 0. The van der Waals surface area contributed by atoms with Gasteiger partial charge in [0.1, 0.15) is 0 Å². The van der Waals surface area contributed by atoms with E-state index in [1.807, 2.05) is 0 Å². The van der Waals surface area contributed by atoms with Crippen LogP contribution in [0.4, 0.5) is 17.6 Å². The summed E-state index contributed by atoms with van der Waals surface area (Å²) in [5.74, 6) is -0.357. The van der Waals surface area contributed by atoms with E-state index in [2.05, 4.69) is 15.9 Å². The molecule has 0 aliphatic heterocycles. The molecule has 0 unspecified atom stereocenters. The van der Waals surface area contributed by atoms with E-state index in [0.717, 1.165) is 18.2 Å². The summed E-state index contributed by atoms with van der Waals surface area (Å²) >= 11 is 3.04. The summed E-state index contributed by atoms with van der Waals surface area (Å²) in [5.41, 5.74) is -1.47. The highest BCUT2D eigenvalue weighted by Gasteiger charge is 2.21. The molecule has 0 radical (unpaired) electrons. The predicted octanol–water partition coefficient (Wildman–Crippen LogP) is 4.53. The second-order valence-electron chi connectivity index (χ2n) is 3.31. The van der Waals surface area contributed by atoms with Gasteiger partial charge in [-0.2, -0.15) is 0 Å². The van der Waals surface area contributed by atoms with Gasteiger partial charge in [-0.25, -0.2) is 17.6 Å². The van der Waals surface area contributed by atoms with Crippen molar-refractivity contribution in [1.29, 1.82) is 0 Å². The van der Waals surface area contributed by atoms with Crippen LogP contribution in [0.5, 0.6) is 0 Å². The monoisotopic (exact) mass is 312 g/mol. The number of carbonyl (C=O) groups excluding carboxylic acids is 1. The highest BCUT2D eigenvalue weighted by molar-refractivity contribution is 9.09. The van der Waals surface area contributed by atoms with Gasteiger partial charge in [0.25, 0.3) is 12.9 Å². The van der Waals surface area contributed by atoms with Crippen LogP contribution in [0, 0.1) is 0 Å². The third-order valence-electron chi connectivity index (χ3n) is 2.20. The summed E-state index contributed by atoms with van der Waals surface area (Å²) in [5, 5.41) is 0.395. The zero-order chi connectivity index (χ0) is 13.0. The molecule has 0 aliphatic carbocycles. The van der Waals surface area contributed by atoms with Gasteiger partial charge in [0.05, 0.1) is 0 Å². The molecule has 0 saturated carbocycles. The molecule has 6 heteroatoms. The van der Waals surface area contributed by atoms with Crippen LogP contribution in [0.25, 0.3) is 0 Å². The maximum Gasteiger partial charge on any atom is 0.264 e. The summed E-state index contributed by atoms with van der Waals surface area (Å²) in [6, 6.07) is 2.88. The second-order valence-corrected chi connectivity index (χ2v) is 4.10. The fourth-order valence-corrected chi connectivity index (χ4v) is 1.73. The third-order valence-corrected chi connectivity index (χ3v) is 2.60. The number of alkyl halides is 5. The summed E-state index contributed by atoms with van der Waals surface area (Å²) in [4.78, 5) is 11.4. The number of benzene rings is 1. The Hall–Kier alpha value is -0.910. The minimum absolute atomic E-state index is 0.0316. The molecule has 0 spiro atoms. The van der Waals surface area contributed by atoms with E-state index in [1.54, 1.807) is 0 Å². The van der Waals surface area contributed by atoms with Crippen molar-refractivity contribution < 1.29 is 22.4 Å². The number of ketones is 1. The molecule has 0 amide bonds. The number of halogens is 5. The van der Waals surface area contributed by atoms with Crippen LogP contribution < -0.4 is 0 Å². The first-order valence-corrected chi connectivity index (χ1v) is 5.88. The van der Waals surface area contributed by atoms with Crippen molar-refractivity contribution >= 4 is 21.7 Å². The van der Waals surface area contributed by atoms with Gasteiger partial charge in [-0.05, 0) is 6.07 Å². The van der Waals surface area contributed by atoms with Crippen LogP contribution in [-0.4, -0.2) is 11.1 Å². The molecule has 0 aliphatic rings. The molecule has 1 aromatic carbocycles. The first-order valence-electron chi connectivity index (χ1n) is 4.76. The Kier molecular flexibility index (Phi) is 5.11. The van der Waals surface area contributed by atoms with Crippen molar-refractivity contribution in [1.82, 2.24) is 0 Å². The van der Waals surface area contributed by atoms with Crippen LogP contribution in [0.1, 0.15) is 40.8 Å². The lowest BCUT2D eigenvalue weighted by atomic mass is 10.0. The molecule has 0 bridgehead atoms. The Balaban J connectivity index is 3.14. The average molecular weight is 313 g/mol. The lowest BCUT2D eigenvalue weighted by Crippen LogP contribution is -2.03. The first kappa shape index (κ1) is 14.2. The lowest BCUT2D eigenvalue weighted by Gasteiger charge is -2.09. The van der Waals surface area contributed by atoms with E-state index >= 15 is 0 Å². The minimum atomic E-state index is -3.02. The van der Waals surface area contributed by atoms with Crippen molar-refractivity contribution in [3.8, 4) is 0 Å². The van der Waals surface area contributed by atoms with E-state index in [4.69, 9.17) is 0 Å². The van der Waals surface area contributed by atoms with E-state index in [0.29, 0.717) is 5.33 Å². The molecule has 1 aromatic rings. The van der Waals surface area contributed by atoms with Crippen LogP contribution in [-0.2, 0) is 0 Å². The van der Waals surface area contributed by atoms with Gasteiger partial charge in [0.2, 0.25) is 0 Å². The molecule has 0 N–H and O–H groups in total. The van der Waals surface area contributed by atoms with Crippen molar-refractivity contribution in [2.75, 3.05) is 5.33 Å². The van der Waals surface area contributed by atoms with Gasteiger partial charge in [-0.15, -0.1) is 0 Å². The molecule has 0 aromatic heterocycles. The summed E-state index contributed by atoms with van der Waals surface area (Å²) in [6.07, 6.45) is -5.86. The maximum atomic E-state index is 12.6. The van der Waals surface area contributed by atoms with Gasteiger partial charge in [0, 0.05) is 28.4 Å². The van der Waals surface area contributed by atoms with Crippen molar-refractivity contribution in [3.63, 3.8) is 0 Å². The van der Waals surface area contributed by atoms with Crippen LogP contribution in [0.3, 0.4) is 0 Å². The Morgan fingerprint density at radius 2 is 1.71 bits per heavy atom. The van der Waals surface area contributed by atoms with Crippen LogP contribution in [0.2, 0.25) is 0 Å². The molecule has 94 valence electrons. The zero-order valence-corrected chi connectivity index (χ0v) is 10.2. The van der Waals surface area contributed by atoms with Gasteiger partial charge in [-0.3, -0.25) is 4.79 Å². The minimum Gasteiger partial charge on any atom is -0.294 e. The highest BCUT2D eigenvalue weighted by atomic mass is 79.9. The van der Waals surface area contributed by atoms with Crippen LogP contribution >= 0.6 is 15.9 Å². The number of Topliss-reactive ketones (excluding diaryl/α,β-unsaturated/α-hetero) is 1. The van der Waals surface area contributed by atoms with Gasteiger partial charge < -0.3 is 0 Å². The third kappa shape index (κ3) is 3.52. The molecule has 17 heavy (non-hydrogen) atoms. The van der Waals surface area contributed by atoms with E-state index < -0.39 is 24.0 Å². The number of carbonyl (C=O) groups is 1. The van der Waals surface area contributed by atoms with Crippen molar-refractivity contribution in [2.24, 2.45) is 0 Å². The molecule has 1 rings (SSSR count). The Bertz CT molecular complexity index is 406. The largest absolute Gasteiger partial charge is 0.294 e. The smallest absolute Gasteiger partial charge is 0.264 e. The number of hydrogen-bond acceptors (Lipinski definition) is 1. The number of rotatable bonds is 5. The quantitative estimate of drug-likeness (QED) is 0.443. The molecule has 0 heterocycles. The Morgan fingerprint density at radius 1 is 1.12 bits per heavy atom. The SMILES string of the molecule is O=C(CCBr)c1ccc(C(F)F)c(C(F)F)c1. The Morgan fingerprint density at radius 3 is 2.18 bits per heavy atom. The second kappa shape index (κ2) is 6.14. The topological polar surface area (TPSA) is 17.1 Å². The maximum absolute atomic E-state index is 12.6. The van der Waals surface area contributed by atoms with E-state index in [1.165, 1.54) is 0 Å². The van der Waals surface area contributed by atoms with Gasteiger partial charge in [-0.1, -0.05) is 28.1 Å². The van der Waals surface area contributed by atoms with E-state index in [-0.39, 0.29) is 17.8 Å². The molecule has 0 fully saturated rings.